The zero-order valence-electron chi connectivity index (χ0n) is 14.7. The summed E-state index contributed by atoms with van der Waals surface area (Å²) in [6.07, 6.45) is 8.34. The summed E-state index contributed by atoms with van der Waals surface area (Å²) in [5, 5.41) is 0. The van der Waals surface area contributed by atoms with Gasteiger partial charge >= 0.3 is 0 Å². The highest BCUT2D eigenvalue weighted by Gasteiger charge is 2.34. The van der Waals surface area contributed by atoms with Crippen LogP contribution >= 0.6 is 0 Å². The van der Waals surface area contributed by atoms with Crippen molar-refractivity contribution < 1.29 is 14.2 Å². The Hall–Kier alpha value is -1.48. The molecule has 0 saturated carbocycles. The van der Waals surface area contributed by atoms with Crippen molar-refractivity contribution in [3.63, 3.8) is 0 Å². The van der Waals surface area contributed by atoms with E-state index in [1.165, 1.54) is 24.8 Å². The first-order valence-corrected chi connectivity index (χ1v) is 8.68. The highest BCUT2D eigenvalue weighted by molar-refractivity contribution is 5.43. The van der Waals surface area contributed by atoms with Crippen molar-refractivity contribution in [1.29, 1.82) is 0 Å². The Labute approximate surface area is 140 Å². The average Bonchev–Trinajstić information content (AvgIpc) is 2.96. The van der Waals surface area contributed by atoms with E-state index in [0.717, 1.165) is 30.9 Å². The number of rotatable bonds is 9. The van der Waals surface area contributed by atoms with Crippen molar-refractivity contribution in [2.75, 3.05) is 20.8 Å². The molecule has 1 saturated heterocycles. The van der Waals surface area contributed by atoms with Gasteiger partial charge in [-0.25, -0.2) is 0 Å². The first-order chi connectivity index (χ1) is 11.2. The summed E-state index contributed by atoms with van der Waals surface area (Å²) in [4.78, 5) is 0. The van der Waals surface area contributed by atoms with Crippen molar-refractivity contribution in [1.82, 2.24) is 0 Å². The van der Waals surface area contributed by atoms with E-state index in [-0.39, 0.29) is 0 Å². The Balaban J connectivity index is 2.00. The van der Waals surface area contributed by atoms with Crippen LogP contribution in [0.1, 0.15) is 38.2 Å². The average molecular weight is 318 g/mol. The maximum atomic E-state index is 6.06. The molecule has 128 valence electrons. The number of benzene rings is 1. The summed E-state index contributed by atoms with van der Waals surface area (Å²) < 4.78 is 16.8. The van der Waals surface area contributed by atoms with Crippen LogP contribution in [-0.2, 0) is 11.2 Å². The molecule has 0 radical (unpaired) electrons. The molecule has 1 aliphatic rings. The second-order valence-corrected chi connectivity index (χ2v) is 6.33. The summed E-state index contributed by atoms with van der Waals surface area (Å²) in [6, 6.07) is 6.17. The molecule has 3 nitrogen and oxygen atoms in total. The van der Waals surface area contributed by atoms with Crippen LogP contribution in [0.5, 0.6) is 11.5 Å². The van der Waals surface area contributed by atoms with Crippen LogP contribution in [0, 0.1) is 11.8 Å². The first-order valence-electron chi connectivity index (χ1n) is 8.68. The van der Waals surface area contributed by atoms with Gasteiger partial charge in [-0.2, -0.15) is 0 Å². The Kier molecular flexibility index (Phi) is 6.97. The summed E-state index contributed by atoms with van der Waals surface area (Å²) in [6.45, 7) is 7.11. The number of methoxy groups -OCH3 is 2. The van der Waals surface area contributed by atoms with Gasteiger partial charge in [0.15, 0.2) is 11.5 Å². The summed E-state index contributed by atoms with van der Waals surface area (Å²) in [7, 11) is 3.34. The predicted octanol–water partition coefficient (Wildman–Crippen LogP) is 4.64. The lowest BCUT2D eigenvalue weighted by Crippen LogP contribution is -2.20. The van der Waals surface area contributed by atoms with Gasteiger partial charge in [-0.05, 0) is 36.5 Å². The molecule has 23 heavy (non-hydrogen) atoms. The Bertz CT molecular complexity index is 498. The highest BCUT2D eigenvalue weighted by Crippen LogP contribution is 2.35. The third-order valence-corrected chi connectivity index (χ3v) is 4.81. The molecule has 0 aliphatic carbocycles. The minimum absolute atomic E-state index is 0.337. The van der Waals surface area contributed by atoms with Crippen LogP contribution in [0.4, 0.5) is 0 Å². The van der Waals surface area contributed by atoms with E-state index in [9.17, 15) is 0 Å². The monoisotopic (exact) mass is 318 g/mol. The molecule has 1 aliphatic heterocycles. The van der Waals surface area contributed by atoms with Gasteiger partial charge in [-0.1, -0.05) is 38.3 Å². The van der Waals surface area contributed by atoms with Crippen molar-refractivity contribution >= 4 is 0 Å². The molecule has 1 aromatic rings. The fourth-order valence-corrected chi connectivity index (χ4v) is 3.49. The van der Waals surface area contributed by atoms with E-state index in [1.807, 2.05) is 6.07 Å². The molecule has 1 heterocycles. The molecule has 0 aromatic heterocycles. The quantitative estimate of drug-likeness (QED) is 0.490. The summed E-state index contributed by atoms with van der Waals surface area (Å²) >= 11 is 0. The summed E-state index contributed by atoms with van der Waals surface area (Å²) in [5.74, 6) is 2.51. The zero-order valence-corrected chi connectivity index (χ0v) is 14.7. The minimum atomic E-state index is 0.337. The molecular weight excluding hydrogens is 288 g/mol. The molecular formula is C20H30O3. The highest BCUT2D eigenvalue weighted by atomic mass is 16.5. The van der Waals surface area contributed by atoms with E-state index < -0.39 is 0 Å². The van der Waals surface area contributed by atoms with E-state index in [1.54, 1.807) is 14.2 Å². The Morgan fingerprint density at radius 1 is 1.22 bits per heavy atom. The number of ether oxygens (including phenoxy) is 3. The smallest absolute Gasteiger partial charge is 0.160 e. The van der Waals surface area contributed by atoms with Crippen LogP contribution in [0.2, 0.25) is 0 Å². The Morgan fingerprint density at radius 2 is 2.00 bits per heavy atom. The topological polar surface area (TPSA) is 27.7 Å². The van der Waals surface area contributed by atoms with E-state index >= 15 is 0 Å². The molecule has 0 amide bonds. The predicted molar refractivity (Wildman–Crippen MR) is 94.3 cm³/mol. The molecule has 2 rings (SSSR count). The van der Waals surface area contributed by atoms with Crippen LogP contribution in [0.15, 0.2) is 30.9 Å². The first kappa shape index (κ1) is 17.9. The second kappa shape index (κ2) is 8.97. The molecule has 0 bridgehead atoms. The second-order valence-electron chi connectivity index (χ2n) is 6.33. The van der Waals surface area contributed by atoms with E-state index in [0.29, 0.717) is 17.9 Å². The molecule has 0 spiro atoms. The van der Waals surface area contributed by atoms with Crippen molar-refractivity contribution in [3.05, 3.63) is 36.4 Å². The largest absolute Gasteiger partial charge is 0.493 e. The third-order valence-electron chi connectivity index (χ3n) is 4.81. The molecule has 3 heteroatoms. The van der Waals surface area contributed by atoms with Gasteiger partial charge in [0, 0.05) is 5.92 Å². The third kappa shape index (κ3) is 4.51. The molecule has 0 N–H and O–H groups in total. The SMILES string of the molecule is C=C[C@H]1[C@H](Cc2ccc(OC)c(OC)c2)CO[C@H]1CCCCC. The lowest BCUT2D eigenvalue weighted by molar-refractivity contribution is 0.0883. The van der Waals surface area contributed by atoms with Crippen LogP contribution in [0.3, 0.4) is 0 Å². The van der Waals surface area contributed by atoms with Gasteiger partial charge in [-0.3, -0.25) is 0 Å². The number of hydrogen-bond donors (Lipinski definition) is 0. The minimum Gasteiger partial charge on any atom is -0.493 e. The van der Waals surface area contributed by atoms with Gasteiger partial charge in [0.25, 0.3) is 0 Å². The van der Waals surface area contributed by atoms with Crippen molar-refractivity contribution in [2.45, 2.75) is 45.1 Å². The normalized spacial score (nSPS) is 23.7. The maximum absolute atomic E-state index is 6.06. The Morgan fingerprint density at radius 3 is 2.65 bits per heavy atom. The lowest BCUT2D eigenvalue weighted by Gasteiger charge is -2.20. The van der Waals surface area contributed by atoms with Crippen LogP contribution in [-0.4, -0.2) is 26.9 Å². The van der Waals surface area contributed by atoms with Crippen molar-refractivity contribution in [3.8, 4) is 11.5 Å². The van der Waals surface area contributed by atoms with Gasteiger partial charge in [0.05, 0.1) is 26.9 Å². The molecule has 3 atom stereocenters. The van der Waals surface area contributed by atoms with Gasteiger partial charge < -0.3 is 14.2 Å². The number of unbranched alkanes of at least 4 members (excludes halogenated alkanes) is 2. The molecule has 1 fully saturated rings. The molecule has 0 unspecified atom stereocenters. The van der Waals surface area contributed by atoms with Gasteiger partial charge in [-0.15, -0.1) is 6.58 Å². The van der Waals surface area contributed by atoms with Crippen molar-refractivity contribution in [2.24, 2.45) is 11.8 Å². The van der Waals surface area contributed by atoms with Gasteiger partial charge in [0.1, 0.15) is 0 Å². The standard InChI is InChI=1S/C20H30O3/c1-5-7-8-9-18-17(6-2)16(14-23-18)12-15-10-11-19(21-3)20(13-15)22-4/h6,10-11,13,16-18H,2,5,7-9,12,14H2,1,3-4H3/t16-,17+,18+/m1/s1. The zero-order chi connectivity index (χ0) is 16.7. The number of hydrogen-bond acceptors (Lipinski definition) is 3. The lowest BCUT2D eigenvalue weighted by atomic mass is 9.84. The fraction of sp³-hybridized carbons (Fsp3) is 0.600. The fourth-order valence-electron chi connectivity index (χ4n) is 3.49. The van der Waals surface area contributed by atoms with Gasteiger partial charge in [0.2, 0.25) is 0 Å². The van der Waals surface area contributed by atoms with E-state index in [4.69, 9.17) is 14.2 Å². The molecule has 1 aromatic carbocycles. The van der Waals surface area contributed by atoms with Crippen LogP contribution < -0.4 is 9.47 Å². The maximum Gasteiger partial charge on any atom is 0.160 e. The van der Waals surface area contributed by atoms with E-state index in [2.05, 4.69) is 31.7 Å². The van der Waals surface area contributed by atoms with Crippen LogP contribution in [0.25, 0.3) is 0 Å². The summed E-state index contributed by atoms with van der Waals surface area (Å²) in [5.41, 5.74) is 1.26.